The van der Waals surface area contributed by atoms with Crippen LogP contribution >= 0.6 is 22.6 Å². The van der Waals surface area contributed by atoms with Crippen molar-refractivity contribution in [3.05, 3.63) is 0 Å². The number of nitrogens with one attached hydrogen (secondary N) is 1. The number of nitrogens with two attached hydrogens (primary N) is 2. The fourth-order valence-corrected chi connectivity index (χ4v) is 6.77. The molecule has 0 aromatic heterocycles. The lowest BCUT2D eigenvalue weighted by Crippen LogP contribution is -2.65. The molecule has 0 aromatic carbocycles. The zero-order valence-electron chi connectivity index (χ0n) is 16.2. The van der Waals surface area contributed by atoms with Crippen molar-refractivity contribution < 1.29 is 16.8 Å². The number of hydrogen-bond donors (Lipinski definition) is 3. The third-order valence-electron chi connectivity index (χ3n) is 6.14. The third kappa shape index (κ3) is 6.24. The Morgan fingerprint density at radius 1 is 0.929 bits per heavy atom. The molecule has 2 spiro atoms. The Morgan fingerprint density at radius 2 is 1.29 bits per heavy atom. The average molecular weight is 553 g/mol. The van der Waals surface area contributed by atoms with Crippen molar-refractivity contribution in [2.45, 2.75) is 57.5 Å². The monoisotopic (exact) mass is 552 g/mol. The SMILES string of the molecule is C.CCI.CCN1CC2(CC(S(N)(=O)=O)C2)C1.NS(=O)(=O)C1CC2(CNC2)C1. The molecule has 28 heavy (non-hydrogen) atoms. The summed E-state index contributed by atoms with van der Waals surface area (Å²) >= 11 is 2.29. The number of halogens is 1. The van der Waals surface area contributed by atoms with E-state index in [1.807, 2.05) is 0 Å². The van der Waals surface area contributed by atoms with Crippen LogP contribution in [0.1, 0.15) is 47.0 Å². The Labute approximate surface area is 184 Å². The van der Waals surface area contributed by atoms with Gasteiger partial charge >= 0.3 is 0 Å². The molecule has 2 saturated heterocycles. The second-order valence-electron chi connectivity index (χ2n) is 8.41. The number of rotatable bonds is 3. The predicted molar refractivity (Wildman–Crippen MR) is 123 cm³/mol. The van der Waals surface area contributed by atoms with E-state index in [2.05, 4.69) is 46.7 Å². The molecule has 8 nitrogen and oxygen atoms in total. The van der Waals surface area contributed by atoms with E-state index in [0.717, 1.165) is 58.4 Å². The summed E-state index contributed by atoms with van der Waals surface area (Å²) in [7, 11) is -6.50. The molecule has 2 heterocycles. The summed E-state index contributed by atoms with van der Waals surface area (Å²) in [6.07, 6.45) is 3.09. The van der Waals surface area contributed by atoms with E-state index in [0.29, 0.717) is 10.8 Å². The van der Waals surface area contributed by atoms with Crippen LogP contribution in [-0.4, -0.2) is 69.4 Å². The van der Waals surface area contributed by atoms with Crippen molar-refractivity contribution in [3.8, 4) is 0 Å². The van der Waals surface area contributed by atoms with Crippen molar-refractivity contribution in [1.29, 1.82) is 0 Å². The quantitative estimate of drug-likeness (QED) is 0.351. The Hall–Kier alpha value is 0.470. The molecule has 5 N–H and O–H groups in total. The minimum Gasteiger partial charge on any atom is -0.316 e. The summed E-state index contributed by atoms with van der Waals surface area (Å²) in [5, 5.41) is 12.7. The summed E-state index contributed by atoms with van der Waals surface area (Å²) in [6, 6.07) is 0. The van der Waals surface area contributed by atoms with Crippen LogP contribution in [0.5, 0.6) is 0 Å². The number of alkyl halides is 1. The second kappa shape index (κ2) is 9.73. The lowest BCUT2D eigenvalue weighted by Gasteiger charge is -2.58. The number of sulfonamides is 2. The summed E-state index contributed by atoms with van der Waals surface area (Å²) in [5.41, 5.74) is 0.615. The molecule has 2 aliphatic heterocycles. The van der Waals surface area contributed by atoms with Crippen LogP contribution in [0.4, 0.5) is 0 Å². The van der Waals surface area contributed by atoms with Gasteiger partial charge in [-0.2, -0.15) is 0 Å². The lowest BCUT2D eigenvalue weighted by molar-refractivity contribution is -0.0536. The fourth-order valence-electron chi connectivity index (χ4n) is 4.43. The first-order valence-corrected chi connectivity index (χ1v) is 14.2. The van der Waals surface area contributed by atoms with Gasteiger partial charge in [-0.3, -0.25) is 0 Å². The number of likely N-dealkylation sites (tertiary alicyclic amines) is 1. The molecule has 0 unspecified atom stereocenters. The zero-order valence-corrected chi connectivity index (χ0v) is 19.9. The van der Waals surface area contributed by atoms with Crippen molar-refractivity contribution in [3.63, 3.8) is 0 Å². The van der Waals surface area contributed by atoms with Crippen molar-refractivity contribution in [2.75, 3.05) is 37.2 Å². The Morgan fingerprint density at radius 3 is 1.54 bits per heavy atom. The molecule has 0 amide bonds. The van der Waals surface area contributed by atoms with Gasteiger partial charge in [0, 0.05) is 26.2 Å². The van der Waals surface area contributed by atoms with Crippen LogP contribution < -0.4 is 15.6 Å². The van der Waals surface area contributed by atoms with Gasteiger partial charge in [0.2, 0.25) is 20.0 Å². The van der Waals surface area contributed by atoms with Gasteiger partial charge in [0.05, 0.1) is 10.5 Å². The molecular weight excluding hydrogens is 515 g/mol. The van der Waals surface area contributed by atoms with Gasteiger partial charge in [0.1, 0.15) is 0 Å². The zero-order chi connectivity index (χ0) is 20.5. The number of hydrogen-bond acceptors (Lipinski definition) is 6. The highest BCUT2D eigenvalue weighted by Crippen LogP contribution is 2.50. The smallest absolute Gasteiger partial charge is 0.212 e. The highest BCUT2D eigenvalue weighted by atomic mass is 127. The van der Waals surface area contributed by atoms with Gasteiger partial charge in [0.15, 0.2) is 0 Å². The molecule has 4 aliphatic rings. The molecule has 0 aromatic rings. The molecule has 168 valence electrons. The molecule has 0 atom stereocenters. The number of primary sulfonamides is 2. The third-order valence-corrected chi connectivity index (χ3v) is 8.66. The number of nitrogens with zero attached hydrogens (tertiary/aromatic N) is 1. The largest absolute Gasteiger partial charge is 0.316 e. The average Bonchev–Trinajstić information content (AvgIpc) is 2.30. The summed E-state index contributed by atoms with van der Waals surface area (Å²) in [4.78, 5) is 2.33. The Balaban J connectivity index is 0.000000241. The van der Waals surface area contributed by atoms with Gasteiger partial charge in [-0.15, -0.1) is 0 Å². The second-order valence-corrected chi connectivity index (χ2v) is 13.6. The van der Waals surface area contributed by atoms with E-state index < -0.39 is 20.0 Å². The van der Waals surface area contributed by atoms with Crippen LogP contribution in [0.3, 0.4) is 0 Å². The van der Waals surface area contributed by atoms with Gasteiger partial charge in [-0.05, 0) is 47.5 Å². The van der Waals surface area contributed by atoms with Crippen LogP contribution in [0.15, 0.2) is 0 Å². The van der Waals surface area contributed by atoms with Crippen LogP contribution in [0, 0.1) is 10.8 Å². The van der Waals surface area contributed by atoms with Crippen molar-refractivity contribution in [2.24, 2.45) is 21.1 Å². The maximum absolute atomic E-state index is 11.0. The summed E-state index contributed by atoms with van der Waals surface area (Å²) in [5.74, 6) is 0. The Kier molecular flexibility index (Phi) is 9.21. The lowest BCUT2D eigenvalue weighted by atomic mass is 9.63. The summed E-state index contributed by atoms with van der Waals surface area (Å²) in [6.45, 7) is 9.38. The first kappa shape index (κ1) is 26.5. The van der Waals surface area contributed by atoms with E-state index in [9.17, 15) is 16.8 Å². The molecule has 11 heteroatoms. The molecule has 2 saturated carbocycles. The first-order valence-electron chi connectivity index (χ1n) is 9.41. The van der Waals surface area contributed by atoms with Gasteiger partial charge in [0.25, 0.3) is 0 Å². The van der Waals surface area contributed by atoms with Crippen molar-refractivity contribution >= 4 is 42.6 Å². The first-order chi connectivity index (χ1) is 12.4. The highest BCUT2D eigenvalue weighted by Gasteiger charge is 2.55. The van der Waals surface area contributed by atoms with Gasteiger partial charge < -0.3 is 10.2 Å². The van der Waals surface area contributed by atoms with E-state index in [1.54, 1.807) is 0 Å². The normalized spacial score (nSPS) is 27.4. The molecule has 0 bridgehead atoms. The maximum Gasteiger partial charge on any atom is 0.212 e. The minimum absolute atomic E-state index is 0. The van der Waals surface area contributed by atoms with Crippen LogP contribution in [0.25, 0.3) is 0 Å². The highest BCUT2D eigenvalue weighted by molar-refractivity contribution is 14.1. The van der Waals surface area contributed by atoms with Crippen LogP contribution in [0.2, 0.25) is 0 Å². The maximum atomic E-state index is 11.0. The van der Waals surface area contributed by atoms with E-state index in [-0.39, 0.29) is 17.9 Å². The molecular formula is C17H37IN4O4S2. The Bertz CT molecular complexity index is 703. The minimum atomic E-state index is -3.26. The van der Waals surface area contributed by atoms with Gasteiger partial charge in [-0.25, -0.2) is 27.1 Å². The van der Waals surface area contributed by atoms with E-state index in [4.69, 9.17) is 10.3 Å². The fraction of sp³-hybridized carbons (Fsp3) is 1.00. The predicted octanol–water partition coefficient (Wildman–Crippen LogP) is 0.864. The van der Waals surface area contributed by atoms with Crippen molar-refractivity contribution in [1.82, 2.24) is 10.2 Å². The van der Waals surface area contributed by atoms with E-state index >= 15 is 0 Å². The van der Waals surface area contributed by atoms with E-state index in [1.165, 1.54) is 4.43 Å². The topological polar surface area (TPSA) is 136 Å². The standard InChI is InChI=1S/C8H16N2O2S.C6H12N2O2S.C2H5I.CH4/c1-2-10-5-8(6-10)3-7(4-8)13(9,11)12;7-11(9,10)5-1-6(2-5)3-8-4-6;1-2-3;/h7H,2-6H2,1H3,(H2,9,11,12);5,8H,1-4H2,(H2,7,9,10);2H2,1H3;1H4. The molecule has 4 rings (SSSR count). The molecule has 0 radical (unpaired) electrons. The van der Waals surface area contributed by atoms with Crippen LogP contribution in [-0.2, 0) is 20.0 Å². The van der Waals surface area contributed by atoms with Gasteiger partial charge in [-0.1, -0.05) is 43.9 Å². The summed E-state index contributed by atoms with van der Waals surface area (Å²) < 4.78 is 44.7. The molecule has 4 fully saturated rings. The molecule has 2 aliphatic carbocycles.